The Bertz CT molecular complexity index is 910. The fourth-order valence-corrected chi connectivity index (χ4v) is 2.87. The van der Waals surface area contributed by atoms with Crippen LogP contribution < -0.4 is 11.3 Å². The molecule has 0 radical (unpaired) electrons. The van der Waals surface area contributed by atoms with Gasteiger partial charge in [-0.3, -0.25) is 9.79 Å². The summed E-state index contributed by atoms with van der Waals surface area (Å²) in [4.78, 5) is 17.0. The number of hydrogen-bond acceptors (Lipinski definition) is 4. The Morgan fingerprint density at radius 2 is 2.29 bits per heavy atom. The topological polar surface area (TPSA) is 108 Å². The number of aromatic nitrogens is 1. The third-order valence-corrected chi connectivity index (χ3v) is 4.15. The molecule has 3 N–H and O–H groups in total. The van der Waals surface area contributed by atoms with Crippen molar-refractivity contribution in [3.05, 3.63) is 45.3 Å². The number of fused-ring (bicyclic) bond motifs is 1. The Kier molecular flexibility index (Phi) is 5.37. The molecule has 124 valence electrons. The summed E-state index contributed by atoms with van der Waals surface area (Å²) in [5.74, 6) is -0.814. The van der Waals surface area contributed by atoms with E-state index in [1.54, 1.807) is 23.6 Å². The van der Waals surface area contributed by atoms with Gasteiger partial charge >= 0.3 is 0 Å². The highest BCUT2D eigenvalue weighted by molar-refractivity contribution is 6.35. The lowest BCUT2D eigenvalue weighted by Crippen LogP contribution is -2.27. The molecule has 24 heavy (non-hydrogen) atoms. The molecular weight excluding hydrogens is 326 g/mol. The van der Waals surface area contributed by atoms with Gasteiger partial charge in [-0.1, -0.05) is 23.7 Å². The first-order valence-corrected chi connectivity index (χ1v) is 7.87. The van der Waals surface area contributed by atoms with Crippen LogP contribution in [0, 0.1) is 22.7 Å². The molecule has 1 aromatic heterocycles. The Labute approximate surface area is 144 Å². The van der Waals surface area contributed by atoms with Crippen LogP contribution >= 0.6 is 11.6 Å². The van der Waals surface area contributed by atoms with Crippen LogP contribution in [0.5, 0.6) is 0 Å². The number of hydrogen-bond donors (Lipinski definition) is 2. The number of rotatable bonds is 5. The minimum atomic E-state index is -0.871. The maximum atomic E-state index is 12.7. The first-order valence-electron chi connectivity index (χ1n) is 7.49. The number of amidine groups is 1. The zero-order chi connectivity index (χ0) is 17.9. The number of benzene rings is 1. The lowest BCUT2D eigenvalue weighted by atomic mass is 10.1. The fraction of sp³-hybridized carbons (Fsp3) is 0.294. The van der Waals surface area contributed by atoms with E-state index in [-0.39, 0.29) is 11.4 Å². The summed E-state index contributed by atoms with van der Waals surface area (Å²) in [5, 5.41) is 17.8. The summed E-state index contributed by atoms with van der Waals surface area (Å²) in [5.41, 5.74) is 6.31. The van der Waals surface area contributed by atoms with Gasteiger partial charge in [0.2, 0.25) is 0 Å². The summed E-state index contributed by atoms with van der Waals surface area (Å²) >= 11 is 6.16. The highest BCUT2D eigenvalue weighted by Crippen LogP contribution is 2.25. The average molecular weight is 344 g/mol. The highest BCUT2D eigenvalue weighted by atomic mass is 35.5. The van der Waals surface area contributed by atoms with E-state index in [1.807, 2.05) is 25.1 Å². The Morgan fingerprint density at radius 3 is 2.88 bits per heavy atom. The van der Waals surface area contributed by atoms with Crippen molar-refractivity contribution in [2.45, 2.75) is 26.4 Å². The van der Waals surface area contributed by atoms with Crippen LogP contribution in [0.4, 0.5) is 0 Å². The zero-order valence-electron chi connectivity index (χ0n) is 13.5. The average Bonchev–Trinajstić information content (AvgIpc) is 2.55. The van der Waals surface area contributed by atoms with E-state index in [0.717, 1.165) is 11.6 Å². The standard InChI is InChI=1S/C17H18ClN5O/c1-3-23-14(10(2)22-16(21)12(8-19)9-20)7-11-5-4-6-13(18)15(11)17(23)24/h4-8,10,12,19H,3H2,1-2H3,(H2,21,22). The molecule has 0 spiro atoms. The van der Waals surface area contributed by atoms with Crippen LogP contribution in [-0.4, -0.2) is 16.6 Å². The smallest absolute Gasteiger partial charge is 0.260 e. The summed E-state index contributed by atoms with van der Waals surface area (Å²) in [6, 6.07) is 8.62. The van der Waals surface area contributed by atoms with E-state index in [0.29, 0.717) is 22.6 Å². The molecule has 0 aliphatic rings. The predicted octanol–water partition coefficient (Wildman–Crippen LogP) is 2.88. The van der Waals surface area contributed by atoms with Crippen LogP contribution in [0.2, 0.25) is 5.02 Å². The van der Waals surface area contributed by atoms with Crippen molar-refractivity contribution in [1.29, 1.82) is 10.7 Å². The predicted molar refractivity (Wildman–Crippen MR) is 96.8 cm³/mol. The molecule has 7 heteroatoms. The molecule has 2 atom stereocenters. The SMILES string of the molecule is CCn1c(C(C)N=C(N)C(C#N)C=N)cc2cccc(Cl)c2c1=O. The number of nitrogens with zero attached hydrogens (tertiary/aromatic N) is 3. The van der Waals surface area contributed by atoms with Gasteiger partial charge in [-0.15, -0.1) is 0 Å². The second kappa shape index (κ2) is 7.28. The van der Waals surface area contributed by atoms with Gasteiger partial charge in [0.25, 0.3) is 5.56 Å². The highest BCUT2D eigenvalue weighted by Gasteiger charge is 2.17. The van der Waals surface area contributed by atoms with Gasteiger partial charge in [0, 0.05) is 18.5 Å². The molecular formula is C17H18ClN5O. The minimum absolute atomic E-state index is 0.0568. The molecule has 0 aliphatic carbocycles. The molecule has 2 unspecified atom stereocenters. The van der Waals surface area contributed by atoms with Crippen molar-refractivity contribution in [3.8, 4) is 6.07 Å². The number of pyridine rings is 1. The number of nitriles is 1. The van der Waals surface area contributed by atoms with E-state index >= 15 is 0 Å². The summed E-state index contributed by atoms with van der Waals surface area (Å²) < 4.78 is 1.60. The monoisotopic (exact) mass is 343 g/mol. The Morgan fingerprint density at radius 1 is 1.58 bits per heavy atom. The lowest BCUT2D eigenvalue weighted by molar-refractivity contribution is 0.633. The van der Waals surface area contributed by atoms with E-state index in [1.165, 1.54) is 0 Å². The van der Waals surface area contributed by atoms with Gasteiger partial charge in [0.15, 0.2) is 0 Å². The third kappa shape index (κ3) is 3.17. The number of nitrogens with two attached hydrogens (primary N) is 1. The molecule has 0 saturated carbocycles. The summed E-state index contributed by atoms with van der Waals surface area (Å²) in [6.07, 6.45) is 0.943. The first kappa shape index (κ1) is 17.7. The van der Waals surface area contributed by atoms with E-state index in [9.17, 15) is 4.79 Å². The van der Waals surface area contributed by atoms with Gasteiger partial charge in [-0.25, -0.2) is 0 Å². The van der Waals surface area contributed by atoms with Crippen LogP contribution in [0.25, 0.3) is 10.8 Å². The second-order valence-electron chi connectivity index (χ2n) is 5.33. The van der Waals surface area contributed by atoms with Crippen molar-refractivity contribution in [3.63, 3.8) is 0 Å². The molecule has 2 aromatic rings. The minimum Gasteiger partial charge on any atom is -0.386 e. The second-order valence-corrected chi connectivity index (χ2v) is 5.73. The van der Waals surface area contributed by atoms with Gasteiger partial charge in [0.1, 0.15) is 11.8 Å². The van der Waals surface area contributed by atoms with Crippen molar-refractivity contribution >= 4 is 34.4 Å². The number of aliphatic imine (C=N–C) groups is 1. The molecule has 2 rings (SSSR count). The van der Waals surface area contributed by atoms with E-state index in [4.69, 9.17) is 28.0 Å². The van der Waals surface area contributed by atoms with Crippen molar-refractivity contribution in [2.24, 2.45) is 16.6 Å². The van der Waals surface area contributed by atoms with Crippen LogP contribution in [0.1, 0.15) is 25.6 Å². The molecule has 0 fully saturated rings. The number of halogens is 1. The largest absolute Gasteiger partial charge is 0.386 e. The maximum Gasteiger partial charge on any atom is 0.260 e. The third-order valence-electron chi connectivity index (χ3n) is 3.83. The summed E-state index contributed by atoms with van der Waals surface area (Å²) in [7, 11) is 0. The molecule has 1 aromatic carbocycles. The van der Waals surface area contributed by atoms with E-state index < -0.39 is 12.0 Å². The Balaban J connectivity index is 2.64. The normalized spacial score (nSPS) is 14.2. The van der Waals surface area contributed by atoms with Crippen LogP contribution in [-0.2, 0) is 6.54 Å². The van der Waals surface area contributed by atoms with Crippen molar-refractivity contribution in [2.75, 3.05) is 0 Å². The Hall–Kier alpha value is -2.65. The molecule has 0 aliphatic heterocycles. The van der Waals surface area contributed by atoms with Crippen molar-refractivity contribution < 1.29 is 0 Å². The van der Waals surface area contributed by atoms with Crippen molar-refractivity contribution in [1.82, 2.24) is 4.57 Å². The van der Waals surface area contributed by atoms with Gasteiger partial charge < -0.3 is 15.7 Å². The van der Waals surface area contributed by atoms with Gasteiger partial charge in [0.05, 0.1) is 22.5 Å². The van der Waals surface area contributed by atoms with E-state index in [2.05, 4.69) is 4.99 Å². The maximum absolute atomic E-state index is 12.7. The van der Waals surface area contributed by atoms with Gasteiger partial charge in [-0.2, -0.15) is 5.26 Å². The molecule has 0 bridgehead atoms. The summed E-state index contributed by atoms with van der Waals surface area (Å²) in [6.45, 7) is 4.12. The fourth-order valence-electron chi connectivity index (χ4n) is 2.61. The van der Waals surface area contributed by atoms with Gasteiger partial charge in [-0.05, 0) is 31.4 Å². The molecule has 0 saturated heterocycles. The quantitative estimate of drug-likeness (QED) is 0.643. The van der Waals surface area contributed by atoms with Crippen LogP contribution in [0.3, 0.4) is 0 Å². The first-order chi connectivity index (χ1) is 11.4. The molecule has 6 nitrogen and oxygen atoms in total. The lowest BCUT2D eigenvalue weighted by Gasteiger charge is -2.17. The molecule has 1 heterocycles. The number of nitrogens with one attached hydrogen (secondary N) is 1. The molecule has 0 amide bonds. The van der Waals surface area contributed by atoms with Crippen LogP contribution in [0.15, 0.2) is 34.1 Å². The zero-order valence-corrected chi connectivity index (χ0v) is 14.2.